The molecule has 3 N–H and O–H groups in total. The van der Waals surface area contributed by atoms with Crippen LogP contribution in [0.2, 0.25) is 0 Å². The number of rotatable bonds is 10. The first-order valence-electron chi connectivity index (χ1n) is 19.5. The van der Waals surface area contributed by atoms with Gasteiger partial charge in [-0.2, -0.15) is 0 Å². The molecule has 11 nitrogen and oxygen atoms in total. The molecule has 0 bridgehead atoms. The van der Waals surface area contributed by atoms with Gasteiger partial charge in [-0.3, -0.25) is 0 Å². The summed E-state index contributed by atoms with van der Waals surface area (Å²) in [6.07, 6.45) is 14.3. The molecule has 2 fully saturated rings. The third kappa shape index (κ3) is 7.28. The van der Waals surface area contributed by atoms with Crippen molar-refractivity contribution in [2.24, 2.45) is 25.9 Å². The van der Waals surface area contributed by atoms with E-state index >= 15 is 0 Å². The van der Waals surface area contributed by atoms with Crippen LogP contribution in [-0.2, 0) is 0 Å². The summed E-state index contributed by atoms with van der Waals surface area (Å²) in [6.45, 7) is 8.02. The van der Waals surface area contributed by atoms with Crippen LogP contribution in [0, 0.1) is 25.2 Å². The van der Waals surface area contributed by atoms with Crippen LogP contribution in [-0.4, -0.2) is 55.6 Å². The largest absolute Gasteiger partial charge is 0.446 e. The smallest absolute Gasteiger partial charge is 0.197 e. The second-order valence-electron chi connectivity index (χ2n) is 14.8. The minimum atomic E-state index is -0.360. The van der Waals surface area contributed by atoms with Crippen LogP contribution >= 0.6 is 12.6 Å². The highest BCUT2D eigenvalue weighted by molar-refractivity contribution is 7.85. The fraction of sp³-hybridized carbons (Fsp3) is 0.295. The monoisotopic (exact) mass is 763 g/mol. The van der Waals surface area contributed by atoms with E-state index in [0.717, 1.165) is 88.6 Å². The van der Waals surface area contributed by atoms with Gasteiger partial charge in [0.25, 0.3) is 0 Å². The minimum Gasteiger partial charge on any atom is -0.446 e. The van der Waals surface area contributed by atoms with Gasteiger partial charge in [0.2, 0.25) is 0 Å². The number of anilines is 6. The Morgan fingerprint density at radius 3 is 1.84 bits per heavy atom. The molecule has 5 aliphatic rings. The van der Waals surface area contributed by atoms with Crippen molar-refractivity contribution in [1.82, 2.24) is 0 Å². The van der Waals surface area contributed by atoms with Crippen LogP contribution in [0.3, 0.4) is 0 Å². The Kier molecular flexibility index (Phi) is 9.80. The fourth-order valence-corrected chi connectivity index (χ4v) is 8.20. The number of aryl methyl sites for hydroxylation is 2. The van der Waals surface area contributed by atoms with E-state index < -0.39 is 0 Å². The number of piperidine rings is 2. The zero-order valence-corrected chi connectivity index (χ0v) is 32.6. The lowest BCUT2D eigenvalue weighted by molar-refractivity contribution is 0.550. The van der Waals surface area contributed by atoms with Gasteiger partial charge in [0.15, 0.2) is 17.6 Å². The average Bonchev–Trinajstić information content (AvgIpc) is 3.84. The Morgan fingerprint density at radius 1 is 0.696 bits per heavy atom. The standard InChI is InChI=1S/C44H45N9O2S/c1-27-9-15-39(54-27)46-36-25-30(52-19-5-3-6-20-52)11-13-32(36)34-23-29-24-35(49-44-41(29)43(48-34)50-42(51-44)38(56)17-18-45)33-14-12-31(53-21-7-4-8-22-53)26-37(33)47-40-16-10-28(2)55-40/h9-18,23-26,41,45-47,56H,3-8,19-22H2,1-2H3/b38-17-,45-18?. The highest BCUT2D eigenvalue weighted by Crippen LogP contribution is 2.41. The molecule has 0 radical (unpaired) electrons. The van der Waals surface area contributed by atoms with Crippen molar-refractivity contribution in [3.8, 4) is 0 Å². The maximum atomic E-state index is 7.71. The molecule has 2 aromatic carbocycles. The molecule has 4 aromatic rings. The molecule has 1 atom stereocenters. The Balaban J connectivity index is 1.18. The van der Waals surface area contributed by atoms with Crippen molar-refractivity contribution >= 4 is 82.3 Å². The van der Waals surface area contributed by atoms with Crippen molar-refractivity contribution in [1.29, 1.82) is 5.41 Å². The molecule has 2 saturated heterocycles. The topological polar surface area (TPSA) is 130 Å². The van der Waals surface area contributed by atoms with Crippen LogP contribution < -0.4 is 20.4 Å². The van der Waals surface area contributed by atoms with Crippen LogP contribution in [0.25, 0.3) is 5.70 Å². The molecule has 9 rings (SSSR count). The van der Waals surface area contributed by atoms with Gasteiger partial charge < -0.3 is 34.7 Å². The summed E-state index contributed by atoms with van der Waals surface area (Å²) in [5, 5.41) is 14.8. The van der Waals surface area contributed by atoms with Gasteiger partial charge in [-0.15, -0.1) is 12.6 Å². The number of amidine groups is 3. The maximum Gasteiger partial charge on any atom is 0.197 e. The number of nitrogens with zero attached hydrogens (tertiary/aromatic N) is 6. The van der Waals surface area contributed by atoms with Gasteiger partial charge in [0, 0.05) is 67.0 Å². The zero-order valence-electron chi connectivity index (χ0n) is 31.7. The lowest BCUT2D eigenvalue weighted by atomic mass is 9.86. The second kappa shape index (κ2) is 15.3. The first kappa shape index (κ1) is 35.8. The minimum absolute atomic E-state index is 0.360. The molecular formula is C44H45N9O2S. The molecular weight excluding hydrogens is 719 g/mol. The summed E-state index contributed by atoms with van der Waals surface area (Å²) < 4.78 is 12.0. The van der Waals surface area contributed by atoms with Crippen molar-refractivity contribution in [3.05, 3.63) is 112 Å². The number of nitrogens with one attached hydrogen (secondary N) is 3. The SMILES string of the molecule is Cc1ccc(Nc2cc(N3CCCCC3)ccc2C2=CC3=CC(c4ccc(N5CCCCC5)cc4Nc4ccc(C)o4)=NC4=NC(/C(S)=C/C=N)=NC(=N2)C34)o1. The Bertz CT molecular complexity index is 2310. The number of dihydropyridines is 1. The summed E-state index contributed by atoms with van der Waals surface area (Å²) in [5.74, 6) is 4.14. The van der Waals surface area contributed by atoms with E-state index in [1.807, 2.05) is 38.1 Å². The second-order valence-corrected chi connectivity index (χ2v) is 15.3. The maximum absolute atomic E-state index is 7.71. The third-order valence-corrected chi connectivity index (χ3v) is 11.2. The van der Waals surface area contributed by atoms with Gasteiger partial charge in [-0.25, -0.2) is 20.0 Å². The van der Waals surface area contributed by atoms with E-state index in [-0.39, 0.29) is 5.92 Å². The number of thiol groups is 1. The summed E-state index contributed by atoms with van der Waals surface area (Å²) in [7, 11) is 0. The summed E-state index contributed by atoms with van der Waals surface area (Å²) in [5.41, 5.74) is 8.43. The molecule has 2 aromatic heterocycles. The Morgan fingerprint density at radius 2 is 1.27 bits per heavy atom. The first-order valence-corrected chi connectivity index (χ1v) is 20.0. The summed E-state index contributed by atoms with van der Waals surface area (Å²) in [6, 6.07) is 20.9. The van der Waals surface area contributed by atoms with Crippen molar-refractivity contribution < 1.29 is 8.83 Å². The lowest BCUT2D eigenvalue weighted by Gasteiger charge is -2.31. The van der Waals surface area contributed by atoms with E-state index in [2.05, 4.69) is 81.6 Å². The number of allylic oxidation sites excluding steroid dienone is 3. The van der Waals surface area contributed by atoms with Crippen LogP contribution in [0.1, 0.15) is 61.2 Å². The molecule has 284 valence electrons. The molecule has 0 aliphatic carbocycles. The number of aliphatic imine (C=N–C) groups is 4. The molecule has 7 heterocycles. The van der Waals surface area contributed by atoms with Gasteiger partial charge in [0.05, 0.1) is 27.7 Å². The number of furan rings is 2. The van der Waals surface area contributed by atoms with Crippen LogP contribution in [0.15, 0.2) is 118 Å². The molecule has 0 saturated carbocycles. The van der Waals surface area contributed by atoms with Crippen LogP contribution in [0.4, 0.5) is 34.5 Å². The Labute approximate surface area is 332 Å². The third-order valence-electron chi connectivity index (χ3n) is 10.8. The Hall–Kier alpha value is -5.88. The molecule has 0 amide bonds. The first-order chi connectivity index (χ1) is 27.4. The predicted molar refractivity (Wildman–Crippen MR) is 233 cm³/mol. The molecule has 12 heteroatoms. The van der Waals surface area contributed by atoms with Gasteiger partial charge in [-0.05, 0) is 125 Å². The van der Waals surface area contributed by atoms with E-state index in [0.29, 0.717) is 34.2 Å². The van der Waals surface area contributed by atoms with Gasteiger partial charge in [-0.1, -0.05) is 0 Å². The van der Waals surface area contributed by atoms with E-state index in [1.165, 1.54) is 44.7 Å². The van der Waals surface area contributed by atoms with Crippen molar-refractivity contribution in [2.75, 3.05) is 46.6 Å². The highest BCUT2D eigenvalue weighted by atomic mass is 32.1. The zero-order chi connectivity index (χ0) is 38.2. The number of hydrogen-bond donors (Lipinski definition) is 4. The van der Waals surface area contributed by atoms with E-state index in [1.54, 1.807) is 6.08 Å². The van der Waals surface area contributed by atoms with Gasteiger partial charge >= 0.3 is 0 Å². The molecule has 0 spiro atoms. The average molecular weight is 764 g/mol. The predicted octanol–water partition coefficient (Wildman–Crippen LogP) is 10.0. The quantitative estimate of drug-likeness (QED) is 0.0940. The molecule has 1 unspecified atom stereocenters. The van der Waals surface area contributed by atoms with Gasteiger partial charge in [0.1, 0.15) is 29.1 Å². The highest BCUT2D eigenvalue weighted by Gasteiger charge is 2.37. The summed E-state index contributed by atoms with van der Waals surface area (Å²) >= 11 is 4.67. The summed E-state index contributed by atoms with van der Waals surface area (Å²) in [4.78, 5) is 25.6. The fourth-order valence-electron chi connectivity index (χ4n) is 8.03. The number of hydrogen-bond acceptors (Lipinski definition) is 12. The normalized spacial score (nSPS) is 19.6. The molecule has 5 aliphatic heterocycles. The van der Waals surface area contributed by atoms with E-state index in [4.69, 9.17) is 34.2 Å². The number of benzene rings is 2. The van der Waals surface area contributed by atoms with Crippen molar-refractivity contribution in [3.63, 3.8) is 0 Å². The molecule has 56 heavy (non-hydrogen) atoms. The van der Waals surface area contributed by atoms with Crippen LogP contribution in [0.5, 0.6) is 0 Å². The van der Waals surface area contributed by atoms with E-state index in [9.17, 15) is 0 Å². The van der Waals surface area contributed by atoms with Crippen molar-refractivity contribution in [2.45, 2.75) is 52.4 Å². The lowest BCUT2D eigenvalue weighted by Crippen LogP contribution is -2.34.